The summed E-state index contributed by atoms with van der Waals surface area (Å²) in [4.78, 5) is 10.3. The Kier molecular flexibility index (Phi) is 3.11. The highest BCUT2D eigenvalue weighted by Gasteiger charge is 2.12. The van der Waals surface area contributed by atoms with Crippen molar-refractivity contribution in [3.8, 4) is 6.07 Å². The van der Waals surface area contributed by atoms with Gasteiger partial charge in [-0.25, -0.2) is 0 Å². The van der Waals surface area contributed by atoms with Crippen LogP contribution in [0.5, 0.6) is 0 Å². The molecule has 0 N–H and O–H groups in total. The van der Waals surface area contributed by atoms with E-state index in [4.69, 9.17) is 5.26 Å². The third kappa shape index (κ3) is 2.10. The first kappa shape index (κ1) is 10.3. The Morgan fingerprint density at radius 1 is 1.62 bits per heavy atom. The fraction of sp³-hybridized carbons (Fsp3) is 0. The third-order valence-electron chi connectivity index (χ3n) is 1.38. The number of nitrogens with zero attached hydrogens (tertiary/aromatic N) is 2. The van der Waals surface area contributed by atoms with Gasteiger partial charge in [0, 0.05) is 20.6 Å². The number of nitro benzene ring substituents is 1. The molecule has 6 heteroatoms. The van der Waals surface area contributed by atoms with Crippen LogP contribution in [0.1, 0.15) is 5.56 Å². The number of non-ortho nitro benzene ring substituents is 1. The van der Waals surface area contributed by atoms with E-state index in [2.05, 4.69) is 12.6 Å². The van der Waals surface area contributed by atoms with Gasteiger partial charge >= 0.3 is 0 Å². The van der Waals surface area contributed by atoms with Crippen LogP contribution in [-0.4, -0.2) is 4.92 Å². The van der Waals surface area contributed by atoms with Gasteiger partial charge in [0.25, 0.3) is 5.69 Å². The van der Waals surface area contributed by atoms with Crippen LogP contribution < -0.4 is 0 Å². The van der Waals surface area contributed by atoms with Crippen LogP contribution in [0.3, 0.4) is 0 Å². The zero-order valence-corrected chi connectivity index (χ0v) is 9.24. The van der Waals surface area contributed by atoms with E-state index in [1.54, 1.807) is 0 Å². The molecule has 1 rings (SSSR count). The summed E-state index contributed by atoms with van der Waals surface area (Å²) in [5, 5.41) is 19.0. The Morgan fingerprint density at radius 3 is 2.69 bits per heavy atom. The van der Waals surface area contributed by atoms with Gasteiger partial charge < -0.3 is 0 Å². The lowest BCUT2D eigenvalue weighted by Crippen LogP contribution is -1.91. The number of nitriles is 1. The summed E-state index contributed by atoms with van der Waals surface area (Å²) in [6.07, 6.45) is 0. The topological polar surface area (TPSA) is 66.9 Å². The second-order valence-corrected chi connectivity index (χ2v) is 3.80. The van der Waals surface area contributed by atoms with Crippen molar-refractivity contribution in [3.63, 3.8) is 0 Å². The minimum absolute atomic E-state index is 0.0845. The smallest absolute Gasteiger partial charge is 0.258 e. The summed E-state index contributed by atoms with van der Waals surface area (Å²) in [6.45, 7) is 0. The number of thiol groups is 1. The SMILES string of the molecule is N#Cc1cc([N+](=O)[O-])cc(I)c1S. The second kappa shape index (κ2) is 3.93. The number of rotatable bonds is 1. The fourth-order valence-electron chi connectivity index (χ4n) is 0.775. The molecule has 0 unspecified atom stereocenters. The van der Waals surface area contributed by atoms with Crippen molar-refractivity contribution in [1.82, 2.24) is 0 Å². The normalized spacial score (nSPS) is 9.31. The molecular formula is C7H3IN2O2S. The zero-order chi connectivity index (χ0) is 10.0. The molecule has 0 aliphatic heterocycles. The number of nitro groups is 1. The number of hydrogen-bond acceptors (Lipinski definition) is 4. The summed E-state index contributed by atoms with van der Waals surface area (Å²) in [5.74, 6) is 0. The molecule has 13 heavy (non-hydrogen) atoms. The van der Waals surface area contributed by atoms with Gasteiger partial charge in [0.2, 0.25) is 0 Å². The standard InChI is InChI=1S/C7H3IN2O2S/c8-6-2-5(10(11)12)1-4(3-9)7(6)13/h1-2,13H. The van der Waals surface area contributed by atoms with Crippen molar-refractivity contribution in [2.45, 2.75) is 4.90 Å². The molecule has 0 bridgehead atoms. The van der Waals surface area contributed by atoms with E-state index in [0.29, 0.717) is 8.47 Å². The zero-order valence-electron chi connectivity index (χ0n) is 6.19. The Morgan fingerprint density at radius 2 is 2.23 bits per heavy atom. The lowest BCUT2D eigenvalue weighted by Gasteiger charge is -1.99. The summed E-state index contributed by atoms with van der Waals surface area (Å²) in [7, 11) is 0. The largest absolute Gasteiger partial charge is 0.271 e. The average molecular weight is 306 g/mol. The van der Waals surface area contributed by atoms with Crippen LogP contribution in [-0.2, 0) is 0 Å². The second-order valence-electron chi connectivity index (χ2n) is 2.19. The highest BCUT2D eigenvalue weighted by atomic mass is 127. The molecule has 0 saturated heterocycles. The average Bonchev–Trinajstić information content (AvgIpc) is 2.09. The minimum atomic E-state index is -0.532. The monoisotopic (exact) mass is 306 g/mol. The lowest BCUT2D eigenvalue weighted by molar-refractivity contribution is -0.385. The molecule has 0 atom stereocenters. The minimum Gasteiger partial charge on any atom is -0.258 e. The molecule has 0 spiro atoms. The van der Waals surface area contributed by atoms with Gasteiger partial charge in [-0.15, -0.1) is 12.6 Å². The van der Waals surface area contributed by atoms with Crippen LogP contribution in [0.15, 0.2) is 17.0 Å². The molecule has 1 aromatic rings. The quantitative estimate of drug-likeness (QED) is 0.375. The van der Waals surface area contributed by atoms with Gasteiger partial charge in [-0.2, -0.15) is 5.26 Å². The summed E-state index contributed by atoms with van der Waals surface area (Å²) < 4.78 is 0.603. The maximum absolute atomic E-state index is 10.4. The fourth-order valence-corrected chi connectivity index (χ4v) is 1.56. The van der Waals surface area contributed by atoms with Gasteiger partial charge in [-0.3, -0.25) is 10.1 Å². The van der Waals surface area contributed by atoms with E-state index in [9.17, 15) is 10.1 Å². The predicted octanol–water partition coefficient (Wildman–Crippen LogP) is 2.36. The Bertz CT molecular complexity index is 414. The highest BCUT2D eigenvalue weighted by Crippen LogP contribution is 2.26. The molecule has 0 saturated carbocycles. The number of halogens is 1. The molecule has 0 fully saturated rings. The molecule has 0 heterocycles. The van der Waals surface area contributed by atoms with Crippen molar-refractivity contribution in [2.24, 2.45) is 0 Å². The van der Waals surface area contributed by atoms with E-state index in [1.165, 1.54) is 12.1 Å². The van der Waals surface area contributed by atoms with Crippen molar-refractivity contribution < 1.29 is 4.92 Å². The maximum atomic E-state index is 10.4. The first-order valence-electron chi connectivity index (χ1n) is 3.13. The van der Waals surface area contributed by atoms with E-state index in [-0.39, 0.29) is 11.3 Å². The molecular weight excluding hydrogens is 303 g/mol. The molecule has 4 nitrogen and oxygen atoms in total. The third-order valence-corrected chi connectivity index (χ3v) is 3.14. The van der Waals surface area contributed by atoms with Gasteiger partial charge in [0.15, 0.2) is 0 Å². The molecule has 1 aromatic carbocycles. The van der Waals surface area contributed by atoms with Gasteiger partial charge in [0.05, 0.1) is 10.5 Å². The molecule has 0 radical (unpaired) electrons. The van der Waals surface area contributed by atoms with E-state index in [0.717, 1.165) is 0 Å². The Balaban J connectivity index is 3.41. The van der Waals surface area contributed by atoms with E-state index in [1.807, 2.05) is 28.7 Å². The van der Waals surface area contributed by atoms with Gasteiger partial charge in [0.1, 0.15) is 6.07 Å². The molecule has 0 aliphatic rings. The van der Waals surface area contributed by atoms with E-state index < -0.39 is 4.92 Å². The van der Waals surface area contributed by atoms with Crippen molar-refractivity contribution in [1.29, 1.82) is 5.26 Å². The molecule has 66 valence electrons. The van der Waals surface area contributed by atoms with Crippen molar-refractivity contribution >= 4 is 40.9 Å². The first-order valence-corrected chi connectivity index (χ1v) is 4.66. The highest BCUT2D eigenvalue weighted by molar-refractivity contribution is 14.1. The number of hydrogen-bond donors (Lipinski definition) is 1. The lowest BCUT2D eigenvalue weighted by atomic mass is 10.2. The Labute approximate surface area is 93.3 Å². The number of benzene rings is 1. The van der Waals surface area contributed by atoms with Crippen LogP contribution in [0.4, 0.5) is 5.69 Å². The van der Waals surface area contributed by atoms with Crippen molar-refractivity contribution in [3.05, 3.63) is 31.4 Å². The first-order chi connectivity index (χ1) is 6.06. The maximum Gasteiger partial charge on any atom is 0.271 e. The van der Waals surface area contributed by atoms with Crippen LogP contribution in [0.2, 0.25) is 0 Å². The predicted molar refractivity (Wildman–Crippen MR) is 57.8 cm³/mol. The van der Waals surface area contributed by atoms with Crippen LogP contribution in [0, 0.1) is 25.0 Å². The summed E-state index contributed by atoms with van der Waals surface area (Å²) in [6, 6.07) is 4.44. The summed E-state index contributed by atoms with van der Waals surface area (Å²) in [5.41, 5.74) is 0.140. The summed E-state index contributed by atoms with van der Waals surface area (Å²) >= 11 is 5.95. The van der Waals surface area contributed by atoms with Crippen molar-refractivity contribution in [2.75, 3.05) is 0 Å². The molecule has 0 amide bonds. The van der Waals surface area contributed by atoms with Crippen LogP contribution in [0.25, 0.3) is 0 Å². The van der Waals surface area contributed by atoms with E-state index >= 15 is 0 Å². The Hall–Kier alpha value is -0.810. The molecule has 0 aromatic heterocycles. The molecule has 0 aliphatic carbocycles. The van der Waals surface area contributed by atoms with Gasteiger partial charge in [-0.1, -0.05) is 0 Å². The van der Waals surface area contributed by atoms with Crippen LogP contribution >= 0.6 is 35.2 Å². The van der Waals surface area contributed by atoms with Gasteiger partial charge in [-0.05, 0) is 22.6 Å².